The van der Waals surface area contributed by atoms with Crippen LogP contribution in [0.2, 0.25) is 0 Å². The summed E-state index contributed by atoms with van der Waals surface area (Å²) in [5.74, 6) is -0.436. The number of carboxylic acid groups (broad SMARTS) is 1. The Bertz CT molecular complexity index is 845. The van der Waals surface area contributed by atoms with Gasteiger partial charge in [0.15, 0.2) is 6.10 Å². The predicted octanol–water partition coefficient (Wildman–Crippen LogP) is 5.19. The standard InChI is InChI=1S/C21H17BrO3/c22-18-8-4-5-15(13-18)14-20(21(23)24)25-19-11-9-17(10-12-19)16-6-2-1-3-7-16/h1-13,20H,14H2,(H,23,24)/t20-/m1/s1. The van der Waals surface area contributed by atoms with Crippen molar-refractivity contribution in [3.05, 3.63) is 88.9 Å². The predicted molar refractivity (Wildman–Crippen MR) is 102 cm³/mol. The third-order valence-corrected chi connectivity index (χ3v) is 4.32. The fourth-order valence-corrected chi connectivity index (χ4v) is 3.02. The second kappa shape index (κ2) is 7.99. The fourth-order valence-electron chi connectivity index (χ4n) is 2.58. The minimum Gasteiger partial charge on any atom is -0.478 e. The molecule has 3 nitrogen and oxygen atoms in total. The molecule has 0 radical (unpaired) electrons. The van der Waals surface area contributed by atoms with Crippen LogP contribution in [0.1, 0.15) is 5.56 Å². The van der Waals surface area contributed by atoms with Gasteiger partial charge in [0, 0.05) is 10.9 Å². The largest absolute Gasteiger partial charge is 0.478 e. The Morgan fingerprint density at radius 2 is 1.60 bits per heavy atom. The highest BCUT2D eigenvalue weighted by molar-refractivity contribution is 9.10. The van der Waals surface area contributed by atoms with Gasteiger partial charge in [-0.3, -0.25) is 0 Å². The van der Waals surface area contributed by atoms with Crippen molar-refractivity contribution in [3.63, 3.8) is 0 Å². The van der Waals surface area contributed by atoms with Gasteiger partial charge in [0.05, 0.1) is 0 Å². The molecule has 126 valence electrons. The number of hydrogen-bond acceptors (Lipinski definition) is 2. The van der Waals surface area contributed by atoms with Crippen molar-refractivity contribution in [1.29, 1.82) is 0 Å². The summed E-state index contributed by atoms with van der Waals surface area (Å²) in [7, 11) is 0. The SMILES string of the molecule is O=C(O)[C@@H](Cc1cccc(Br)c1)Oc1ccc(-c2ccccc2)cc1. The van der Waals surface area contributed by atoms with Gasteiger partial charge < -0.3 is 9.84 Å². The summed E-state index contributed by atoms with van der Waals surface area (Å²) < 4.78 is 6.61. The highest BCUT2D eigenvalue weighted by Gasteiger charge is 2.20. The molecule has 0 aliphatic rings. The Labute approximate surface area is 155 Å². The van der Waals surface area contributed by atoms with Crippen molar-refractivity contribution in [1.82, 2.24) is 0 Å². The molecule has 0 saturated heterocycles. The molecule has 0 aromatic heterocycles. The molecule has 4 heteroatoms. The quantitative estimate of drug-likeness (QED) is 0.623. The highest BCUT2D eigenvalue weighted by Crippen LogP contribution is 2.23. The highest BCUT2D eigenvalue weighted by atomic mass is 79.9. The number of aliphatic carboxylic acids is 1. The van der Waals surface area contributed by atoms with Crippen molar-refractivity contribution < 1.29 is 14.6 Å². The maximum Gasteiger partial charge on any atom is 0.345 e. The van der Waals surface area contributed by atoms with E-state index in [-0.39, 0.29) is 0 Å². The molecule has 0 aliphatic carbocycles. The van der Waals surface area contributed by atoms with Gasteiger partial charge in [-0.25, -0.2) is 4.79 Å². The third-order valence-electron chi connectivity index (χ3n) is 3.83. The van der Waals surface area contributed by atoms with Crippen LogP contribution < -0.4 is 4.74 Å². The monoisotopic (exact) mass is 396 g/mol. The lowest BCUT2D eigenvalue weighted by molar-refractivity contribution is -0.145. The minimum absolute atomic E-state index is 0.301. The minimum atomic E-state index is -0.980. The van der Waals surface area contributed by atoms with Crippen LogP contribution in [0.3, 0.4) is 0 Å². The Morgan fingerprint density at radius 1 is 0.920 bits per heavy atom. The summed E-state index contributed by atoms with van der Waals surface area (Å²) in [6.07, 6.45) is -0.633. The Balaban J connectivity index is 1.73. The molecule has 3 rings (SSSR count). The van der Waals surface area contributed by atoms with E-state index in [9.17, 15) is 9.90 Å². The van der Waals surface area contributed by atoms with E-state index in [1.807, 2.05) is 66.7 Å². The number of carbonyl (C=O) groups is 1. The number of rotatable bonds is 6. The third kappa shape index (κ3) is 4.70. The van der Waals surface area contributed by atoms with Gasteiger partial charge in [-0.1, -0.05) is 70.5 Å². The number of ether oxygens (including phenoxy) is 1. The molecule has 0 aliphatic heterocycles. The molecule has 1 N–H and O–H groups in total. The van der Waals surface area contributed by atoms with E-state index in [1.165, 1.54) is 0 Å². The maximum absolute atomic E-state index is 11.5. The number of benzene rings is 3. The molecule has 1 atom stereocenters. The van der Waals surface area contributed by atoms with E-state index in [4.69, 9.17) is 4.74 Å². The second-order valence-electron chi connectivity index (χ2n) is 5.67. The Hall–Kier alpha value is -2.59. The van der Waals surface area contributed by atoms with Gasteiger partial charge in [0.1, 0.15) is 5.75 Å². The summed E-state index contributed by atoms with van der Waals surface area (Å²) in [6, 6.07) is 25.1. The van der Waals surface area contributed by atoms with Crippen LogP contribution in [0.15, 0.2) is 83.3 Å². The van der Waals surface area contributed by atoms with Gasteiger partial charge in [0.2, 0.25) is 0 Å². The topological polar surface area (TPSA) is 46.5 Å². The molecule has 0 saturated carbocycles. The average molecular weight is 397 g/mol. The number of halogens is 1. The molecule has 0 heterocycles. The van der Waals surface area contributed by atoms with E-state index in [0.29, 0.717) is 12.2 Å². The van der Waals surface area contributed by atoms with Crippen LogP contribution in [0, 0.1) is 0 Å². The van der Waals surface area contributed by atoms with Crippen LogP contribution in [0.4, 0.5) is 0 Å². The summed E-state index contributed by atoms with van der Waals surface area (Å²) in [4.78, 5) is 11.5. The zero-order valence-electron chi connectivity index (χ0n) is 13.4. The molecule has 0 bridgehead atoms. The molecule has 0 unspecified atom stereocenters. The lowest BCUT2D eigenvalue weighted by Gasteiger charge is -2.16. The smallest absolute Gasteiger partial charge is 0.345 e. The van der Waals surface area contributed by atoms with E-state index in [0.717, 1.165) is 21.2 Å². The van der Waals surface area contributed by atoms with E-state index >= 15 is 0 Å². The van der Waals surface area contributed by atoms with Crippen molar-refractivity contribution in [3.8, 4) is 16.9 Å². The van der Waals surface area contributed by atoms with Gasteiger partial charge in [-0.05, 0) is 41.0 Å². The first kappa shape index (κ1) is 17.2. The Morgan fingerprint density at radius 3 is 2.24 bits per heavy atom. The molecule has 25 heavy (non-hydrogen) atoms. The van der Waals surface area contributed by atoms with Crippen molar-refractivity contribution >= 4 is 21.9 Å². The van der Waals surface area contributed by atoms with Crippen LogP contribution in [-0.4, -0.2) is 17.2 Å². The van der Waals surface area contributed by atoms with Crippen LogP contribution >= 0.6 is 15.9 Å². The maximum atomic E-state index is 11.5. The number of hydrogen-bond donors (Lipinski definition) is 1. The van der Waals surface area contributed by atoms with E-state index < -0.39 is 12.1 Å². The average Bonchev–Trinajstić information content (AvgIpc) is 2.62. The van der Waals surface area contributed by atoms with Crippen molar-refractivity contribution in [2.24, 2.45) is 0 Å². The fraction of sp³-hybridized carbons (Fsp3) is 0.0952. The second-order valence-corrected chi connectivity index (χ2v) is 6.58. The van der Waals surface area contributed by atoms with Crippen molar-refractivity contribution in [2.75, 3.05) is 0 Å². The molecule has 0 fully saturated rings. The van der Waals surface area contributed by atoms with Crippen molar-refractivity contribution in [2.45, 2.75) is 12.5 Å². The Kier molecular flexibility index (Phi) is 5.51. The summed E-state index contributed by atoms with van der Waals surface area (Å²) in [5, 5.41) is 9.46. The first-order chi connectivity index (χ1) is 12.1. The molecule has 3 aromatic carbocycles. The molecule has 3 aromatic rings. The molecule has 0 spiro atoms. The van der Waals surface area contributed by atoms with Crippen LogP contribution in [0.25, 0.3) is 11.1 Å². The van der Waals surface area contributed by atoms with E-state index in [1.54, 1.807) is 12.1 Å². The first-order valence-electron chi connectivity index (χ1n) is 7.91. The van der Waals surface area contributed by atoms with E-state index in [2.05, 4.69) is 15.9 Å². The first-order valence-corrected chi connectivity index (χ1v) is 8.70. The summed E-state index contributed by atoms with van der Waals surface area (Å²) in [6.45, 7) is 0. The van der Waals surface area contributed by atoms with Gasteiger partial charge in [0.25, 0.3) is 0 Å². The van der Waals surface area contributed by atoms with Gasteiger partial charge in [-0.15, -0.1) is 0 Å². The number of carboxylic acids is 1. The molecule has 0 amide bonds. The zero-order chi connectivity index (χ0) is 17.6. The lowest BCUT2D eigenvalue weighted by Crippen LogP contribution is -2.29. The van der Waals surface area contributed by atoms with Gasteiger partial charge >= 0.3 is 5.97 Å². The normalized spacial score (nSPS) is 11.7. The van der Waals surface area contributed by atoms with Crippen LogP contribution in [0.5, 0.6) is 5.75 Å². The summed E-state index contributed by atoms with van der Waals surface area (Å²) >= 11 is 3.40. The lowest BCUT2D eigenvalue weighted by atomic mass is 10.1. The zero-order valence-corrected chi connectivity index (χ0v) is 15.0. The summed E-state index contributed by atoms with van der Waals surface area (Å²) in [5.41, 5.74) is 3.08. The molecular formula is C21H17BrO3. The van der Waals surface area contributed by atoms with Gasteiger partial charge in [-0.2, -0.15) is 0 Å². The van der Waals surface area contributed by atoms with Crippen LogP contribution in [-0.2, 0) is 11.2 Å². The molecular weight excluding hydrogens is 380 g/mol.